The van der Waals surface area contributed by atoms with Crippen LogP contribution >= 0.6 is 11.6 Å². The first-order chi connectivity index (χ1) is 11.6. The van der Waals surface area contributed by atoms with Gasteiger partial charge in [-0.15, -0.1) is 0 Å². The molecule has 2 N–H and O–H groups in total. The molecule has 2 amide bonds. The molecule has 1 aliphatic heterocycles. The van der Waals surface area contributed by atoms with E-state index in [1.54, 1.807) is 0 Å². The first-order valence-electron chi connectivity index (χ1n) is 8.56. The summed E-state index contributed by atoms with van der Waals surface area (Å²) in [6.45, 7) is 0.230. The normalized spacial score (nSPS) is 32.3. The lowest BCUT2D eigenvalue weighted by molar-refractivity contribution is -0.129. The van der Waals surface area contributed by atoms with Crippen LogP contribution in [0.15, 0.2) is 24.3 Å². The van der Waals surface area contributed by atoms with Gasteiger partial charge >= 0.3 is 6.09 Å². The summed E-state index contributed by atoms with van der Waals surface area (Å²) in [5.74, 6) is 0.556. The second-order valence-corrected chi connectivity index (χ2v) is 7.71. The highest BCUT2D eigenvalue weighted by Crippen LogP contribution is 2.60. The van der Waals surface area contributed by atoms with Gasteiger partial charge in [-0.2, -0.15) is 0 Å². The Balaban J connectivity index is 1.59. The largest absolute Gasteiger partial charge is 0.434 e. The number of alkyl carbamates (subject to hydrolysis) is 1. The maximum atomic E-state index is 12.6. The minimum absolute atomic E-state index is 0.0610. The predicted molar refractivity (Wildman–Crippen MR) is 89.6 cm³/mol. The molecule has 6 heteroatoms. The fourth-order valence-corrected chi connectivity index (χ4v) is 4.78. The number of hydrogen-bond donors (Lipinski definition) is 2. The summed E-state index contributed by atoms with van der Waals surface area (Å²) >= 11 is 6.03. The summed E-state index contributed by atoms with van der Waals surface area (Å²) in [4.78, 5) is 23.8. The van der Waals surface area contributed by atoms with Crippen molar-refractivity contribution in [3.8, 4) is 0 Å². The molecule has 1 heterocycles. The van der Waals surface area contributed by atoms with Crippen LogP contribution in [0.2, 0.25) is 5.02 Å². The van der Waals surface area contributed by atoms with Gasteiger partial charge in [0.05, 0.1) is 12.6 Å². The Bertz CT molecular complexity index is 653. The fourth-order valence-electron chi connectivity index (χ4n) is 4.66. The van der Waals surface area contributed by atoms with E-state index in [2.05, 4.69) is 10.6 Å². The zero-order valence-electron chi connectivity index (χ0n) is 13.4. The Hall–Kier alpha value is -1.75. The van der Waals surface area contributed by atoms with Crippen LogP contribution in [0.5, 0.6) is 0 Å². The van der Waals surface area contributed by atoms with E-state index in [-0.39, 0.29) is 23.9 Å². The van der Waals surface area contributed by atoms with Crippen LogP contribution < -0.4 is 10.6 Å². The van der Waals surface area contributed by atoms with Gasteiger partial charge in [0.1, 0.15) is 0 Å². The molecule has 2 atom stereocenters. The highest BCUT2D eigenvalue weighted by molar-refractivity contribution is 6.30. The number of hydrogen-bond acceptors (Lipinski definition) is 3. The number of fused-ring (bicyclic) bond motifs is 2. The Morgan fingerprint density at radius 2 is 2.00 bits per heavy atom. The first kappa shape index (κ1) is 15.8. The van der Waals surface area contributed by atoms with E-state index in [0.29, 0.717) is 5.02 Å². The Morgan fingerprint density at radius 1 is 1.29 bits per heavy atom. The van der Waals surface area contributed by atoms with Crippen molar-refractivity contribution in [3.63, 3.8) is 0 Å². The Morgan fingerprint density at radius 3 is 2.54 bits per heavy atom. The molecule has 2 bridgehead atoms. The summed E-state index contributed by atoms with van der Waals surface area (Å²) in [5, 5.41) is 6.40. The molecule has 0 aromatic heterocycles. The minimum atomic E-state index is -0.748. The van der Waals surface area contributed by atoms with Gasteiger partial charge in [-0.1, -0.05) is 23.7 Å². The van der Waals surface area contributed by atoms with Gasteiger partial charge in [-0.05, 0) is 61.1 Å². The van der Waals surface area contributed by atoms with E-state index in [1.807, 2.05) is 24.3 Å². The van der Waals surface area contributed by atoms with Crippen LogP contribution in [0, 0.1) is 11.3 Å². The number of benzene rings is 1. The average Bonchev–Trinajstić information content (AvgIpc) is 3.29. The number of amides is 2. The molecule has 1 saturated heterocycles. The number of ether oxygens (including phenoxy) is 1. The monoisotopic (exact) mass is 348 g/mol. The molecule has 1 aromatic rings. The fraction of sp³-hybridized carbons (Fsp3) is 0.556. The zero-order valence-corrected chi connectivity index (χ0v) is 14.1. The van der Waals surface area contributed by atoms with Crippen LogP contribution in [0.1, 0.15) is 43.7 Å². The van der Waals surface area contributed by atoms with Gasteiger partial charge in [0.15, 0.2) is 6.10 Å². The standard InChI is InChI=1S/C18H21ClN2O3/c19-13-3-1-12(2-4-13)15(18-7-5-11(9-18)6-8-18)21-16(22)14-10-20-17(23)24-14/h1-4,11,14-15H,5-10H2,(H,20,23)(H,21,22)/t11?,14-,15?,18?/m0/s1. The average molecular weight is 349 g/mol. The molecule has 0 spiro atoms. The van der Waals surface area contributed by atoms with E-state index in [1.165, 1.54) is 12.8 Å². The van der Waals surface area contributed by atoms with E-state index >= 15 is 0 Å². The molecule has 1 unspecified atom stereocenters. The summed E-state index contributed by atoms with van der Waals surface area (Å²) < 4.78 is 5.04. The van der Waals surface area contributed by atoms with Crippen LogP contribution in [-0.4, -0.2) is 24.6 Å². The SMILES string of the molecule is O=C1NC[C@@H](C(=O)NC(c2ccc(Cl)cc2)C23CCC(CC2)C3)O1. The van der Waals surface area contributed by atoms with Crippen molar-refractivity contribution >= 4 is 23.6 Å². The molecule has 24 heavy (non-hydrogen) atoms. The van der Waals surface area contributed by atoms with Crippen molar-refractivity contribution in [2.24, 2.45) is 11.3 Å². The number of rotatable bonds is 4. The molecule has 0 radical (unpaired) electrons. The van der Waals surface area contributed by atoms with E-state index in [0.717, 1.165) is 30.7 Å². The predicted octanol–water partition coefficient (Wildman–Crippen LogP) is 3.19. The van der Waals surface area contributed by atoms with Crippen LogP contribution in [0.3, 0.4) is 0 Å². The van der Waals surface area contributed by atoms with Gasteiger partial charge in [-0.25, -0.2) is 4.79 Å². The van der Waals surface area contributed by atoms with E-state index in [4.69, 9.17) is 16.3 Å². The minimum Gasteiger partial charge on any atom is -0.434 e. The summed E-state index contributed by atoms with van der Waals surface area (Å²) in [5.41, 5.74) is 1.19. The van der Waals surface area contributed by atoms with Crippen LogP contribution in [0.25, 0.3) is 0 Å². The number of nitrogens with one attached hydrogen (secondary N) is 2. The van der Waals surface area contributed by atoms with Crippen molar-refractivity contribution in [1.29, 1.82) is 0 Å². The number of cyclic esters (lactones) is 1. The molecule has 5 nitrogen and oxygen atoms in total. The lowest BCUT2D eigenvalue weighted by Gasteiger charge is -2.37. The van der Waals surface area contributed by atoms with Gasteiger partial charge in [0, 0.05) is 5.02 Å². The third-order valence-corrected chi connectivity index (χ3v) is 6.12. The van der Waals surface area contributed by atoms with Crippen LogP contribution in [-0.2, 0) is 9.53 Å². The van der Waals surface area contributed by atoms with Crippen molar-refractivity contribution in [1.82, 2.24) is 10.6 Å². The molecular formula is C18H21ClN2O3. The Labute approximate surface area is 146 Å². The second-order valence-electron chi connectivity index (χ2n) is 7.28. The first-order valence-corrected chi connectivity index (χ1v) is 8.94. The topological polar surface area (TPSA) is 67.4 Å². The van der Waals surface area contributed by atoms with Gasteiger partial charge in [0.2, 0.25) is 0 Å². The van der Waals surface area contributed by atoms with Gasteiger partial charge in [0.25, 0.3) is 5.91 Å². The second kappa shape index (κ2) is 5.96. The molecular weight excluding hydrogens is 328 g/mol. The smallest absolute Gasteiger partial charge is 0.408 e. The highest BCUT2D eigenvalue weighted by atomic mass is 35.5. The summed E-state index contributed by atoms with van der Waals surface area (Å²) in [6.07, 6.45) is 4.62. The number of halogens is 1. The third kappa shape index (κ3) is 2.75. The third-order valence-electron chi connectivity index (χ3n) is 5.87. The Kier molecular flexibility index (Phi) is 3.91. The molecule has 1 aromatic carbocycles. The molecule has 128 valence electrons. The van der Waals surface area contributed by atoms with Gasteiger partial charge in [-0.3, -0.25) is 4.79 Å². The maximum Gasteiger partial charge on any atom is 0.408 e. The van der Waals surface area contributed by atoms with Crippen molar-refractivity contribution in [2.45, 2.75) is 44.2 Å². The molecule has 2 saturated carbocycles. The highest BCUT2D eigenvalue weighted by Gasteiger charge is 2.51. The van der Waals surface area contributed by atoms with Gasteiger partial charge < -0.3 is 15.4 Å². The van der Waals surface area contributed by atoms with E-state index in [9.17, 15) is 9.59 Å². The lowest BCUT2D eigenvalue weighted by atomic mass is 9.74. The zero-order chi connectivity index (χ0) is 16.7. The summed E-state index contributed by atoms with van der Waals surface area (Å²) in [7, 11) is 0. The van der Waals surface area contributed by atoms with Crippen molar-refractivity contribution < 1.29 is 14.3 Å². The summed E-state index contributed by atoms with van der Waals surface area (Å²) in [6, 6.07) is 7.66. The van der Waals surface area contributed by atoms with Crippen molar-refractivity contribution in [2.75, 3.05) is 6.54 Å². The van der Waals surface area contributed by atoms with Crippen molar-refractivity contribution in [3.05, 3.63) is 34.9 Å². The molecule has 4 rings (SSSR count). The molecule has 2 aliphatic carbocycles. The molecule has 3 aliphatic rings. The van der Waals surface area contributed by atoms with E-state index < -0.39 is 12.2 Å². The lowest BCUT2D eigenvalue weighted by Crippen LogP contribution is -2.44. The quantitative estimate of drug-likeness (QED) is 0.878. The number of carbonyl (C=O) groups is 2. The molecule has 3 fully saturated rings. The van der Waals surface area contributed by atoms with Crippen LogP contribution in [0.4, 0.5) is 4.79 Å². The number of carbonyl (C=O) groups excluding carboxylic acids is 2. The maximum absolute atomic E-state index is 12.6.